The van der Waals surface area contributed by atoms with Gasteiger partial charge in [0.1, 0.15) is 11.5 Å². The minimum atomic E-state index is -0.665. The van der Waals surface area contributed by atoms with Crippen LogP contribution in [-0.2, 0) is 9.53 Å². The molecule has 0 saturated carbocycles. The Morgan fingerprint density at radius 1 is 1.03 bits per heavy atom. The fraction of sp³-hybridized carbons (Fsp3) is 0.367. The van der Waals surface area contributed by atoms with Crippen LogP contribution in [0.1, 0.15) is 58.7 Å². The van der Waals surface area contributed by atoms with Crippen LogP contribution in [0.2, 0.25) is 0 Å². The monoisotopic (exact) mass is 534 g/mol. The lowest BCUT2D eigenvalue weighted by Crippen LogP contribution is -2.40. The normalized spacial score (nSPS) is 15.5. The van der Waals surface area contributed by atoms with Crippen LogP contribution in [-0.4, -0.2) is 29.9 Å². The molecule has 0 aliphatic carbocycles. The summed E-state index contributed by atoms with van der Waals surface area (Å²) >= 11 is 1.30. The first-order valence-corrected chi connectivity index (χ1v) is 13.7. The Labute approximate surface area is 226 Å². The smallest absolute Gasteiger partial charge is 0.338 e. The van der Waals surface area contributed by atoms with Crippen LogP contribution < -0.4 is 24.4 Å². The van der Waals surface area contributed by atoms with E-state index in [1.807, 2.05) is 61.5 Å². The standard InChI is InChI=1S/C30H34N2O5S/c1-7-35-23-14-10-22(11-15-23)27-26(29(34)37-19(4)5)20(6)31-30-32(27)28(33)25(38-30)16-21-8-12-24(13-9-21)36-17-18(2)3/h8-16,18-19,27H,7,17H2,1-6H3/b25-16-/t27-/m1/s1. The average molecular weight is 535 g/mol. The van der Waals surface area contributed by atoms with Gasteiger partial charge in [0.2, 0.25) is 0 Å². The van der Waals surface area contributed by atoms with Crippen LogP contribution in [0.15, 0.2) is 69.6 Å². The molecule has 7 nitrogen and oxygen atoms in total. The Bertz CT molecular complexity index is 1500. The van der Waals surface area contributed by atoms with E-state index in [1.54, 1.807) is 25.3 Å². The number of aromatic nitrogens is 1. The van der Waals surface area contributed by atoms with Gasteiger partial charge in [-0.3, -0.25) is 9.36 Å². The molecule has 0 N–H and O–H groups in total. The van der Waals surface area contributed by atoms with E-state index >= 15 is 0 Å². The maximum absolute atomic E-state index is 13.8. The second-order valence-corrected chi connectivity index (χ2v) is 10.8. The lowest BCUT2D eigenvalue weighted by molar-refractivity contribution is -0.143. The number of carbonyl (C=O) groups excluding carboxylic acids is 1. The van der Waals surface area contributed by atoms with Crippen molar-refractivity contribution in [3.8, 4) is 11.5 Å². The molecule has 8 heteroatoms. The van der Waals surface area contributed by atoms with Gasteiger partial charge in [-0.15, -0.1) is 0 Å². The van der Waals surface area contributed by atoms with E-state index in [9.17, 15) is 9.59 Å². The second kappa shape index (κ2) is 11.8. The lowest BCUT2D eigenvalue weighted by atomic mass is 9.96. The minimum Gasteiger partial charge on any atom is -0.494 e. The number of rotatable bonds is 9. The third-order valence-corrected chi connectivity index (χ3v) is 6.84. The fourth-order valence-electron chi connectivity index (χ4n) is 4.16. The minimum absolute atomic E-state index is 0.213. The molecule has 4 rings (SSSR count). The number of nitrogens with zero attached hydrogens (tertiary/aromatic N) is 2. The Hall–Kier alpha value is -3.65. The van der Waals surface area contributed by atoms with Crippen molar-refractivity contribution < 1.29 is 19.0 Å². The van der Waals surface area contributed by atoms with E-state index in [0.29, 0.717) is 39.7 Å². The number of ether oxygens (including phenoxy) is 3. The highest BCUT2D eigenvalue weighted by Crippen LogP contribution is 2.32. The van der Waals surface area contributed by atoms with Crippen molar-refractivity contribution in [3.05, 3.63) is 90.6 Å². The molecule has 0 fully saturated rings. The van der Waals surface area contributed by atoms with Crippen LogP contribution in [0, 0.1) is 5.92 Å². The number of allylic oxidation sites excluding steroid dienone is 1. The van der Waals surface area contributed by atoms with E-state index < -0.39 is 12.0 Å². The summed E-state index contributed by atoms with van der Waals surface area (Å²) in [6.07, 6.45) is 1.54. The van der Waals surface area contributed by atoms with Crippen LogP contribution in [0.5, 0.6) is 11.5 Å². The van der Waals surface area contributed by atoms with Crippen LogP contribution >= 0.6 is 11.3 Å². The quantitative estimate of drug-likeness (QED) is 0.375. The van der Waals surface area contributed by atoms with Gasteiger partial charge in [-0.25, -0.2) is 9.79 Å². The molecule has 1 aliphatic heterocycles. The molecular weight excluding hydrogens is 500 g/mol. The van der Waals surface area contributed by atoms with Crippen molar-refractivity contribution in [3.63, 3.8) is 0 Å². The van der Waals surface area contributed by atoms with Gasteiger partial charge >= 0.3 is 5.97 Å². The second-order valence-electron chi connectivity index (χ2n) is 9.81. The predicted octanol–water partition coefficient (Wildman–Crippen LogP) is 4.62. The third kappa shape index (κ3) is 6.07. The Kier molecular flexibility index (Phi) is 8.52. The summed E-state index contributed by atoms with van der Waals surface area (Å²) in [4.78, 5) is 32.2. The summed E-state index contributed by atoms with van der Waals surface area (Å²) in [6.45, 7) is 12.7. The van der Waals surface area contributed by atoms with E-state index in [-0.39, 0.29) is 11.7 Å². The van der Waals surface area contributed by atoms with E-state index in [2.05, 4.69) is 18.8 Å². The molecule has 2 aromatic carbocycles. The van der Waals surface area contributed by atoms with Crippen molar-refractivity contribution in [1.29, 1.82) is 0 Å². The van der Waals surface area contributed by atoms with Gasteiger partial charge in [0, 0.05) is 0 Å². The molecule has 38 heavy (non-hydrogen) atoms. The molecule has 2 heterocycles. The first-order valence-electron chi connectivity index (χ1n) is 12.9. The van der Waals surface area contributed by atoms with Gasteiger partial charge in [0.15, 0.2) is 4.80 Å². The van der Waals surface area contributed by atoms with Crippen molar-refractivity contribution in [2.24, 2.45) is 10.9 Å². The van der Waals surface area contributed by atoms with Gasteiger partial charge in [-0.05, 0) is 75.1 Å². The molecule has 0 unspecified atom stereocenters. The molecular formula is C30H34N2O5S. The molecule has 1 aliphatic rings. The van der Waals surface area contributed by atoms with Crippen molar-refractivity contribution in [1.82, 2.24) is 4.57 Å². The number of thiazole rings is 1. The molecule has 0 amide bonds. The van der Waals surface area contributed by atoms with E-state index in [0.717, 1.165) is 22.6 Å². The first-order chi connectivity index (χ1) is 18.2. The molecule has 200 valence electrons. The number of hydrogen-bond donors (Lipinski definition) is 0. The SMILES string of the molecule is CCOc1ccc([C@@H]2C(C(=O)OC(C)C)=C(C)N=c3s/c(=C\c4ccc(OCC(C)C)cc4)c(=O)n32)cc1. The predicted molar refractivity (Wildman–Crippen MR) is 149 cm³/mol. The Morgan fingerprint density at radius 2 is 1.66 bits per heavy atom. The number of carbonyl (C=O) groups is 1. The molecule has 0 radical (unpaired) electrons. The summed E-state index contributed by atoms with van der Waals surface area (Å²) < 4.78 is 19.1. The zero-order chi connectivity index (χ0) is 27.4. The first kappa shape index (κ1) is 27.4. The Balaban J connectivity index is 1.79. The zero-order valence-electron chi connectivity index (χ0n) is 22.7. The molecule has 0 spiro atoms. The third-order valence-electron chi connectivity index (χ3n) is 5.85. The largest absolute Gasteiger partial charge is 0.494 e. The molecule has 3 aromatic rings. The zero-order valence-corrected chi connectivity index (χ0v) is 23.5. The van der Waals surface area contributed by atoms with Gasteiger partial charge in [-0.2, -0.15) is 0 Å². The van der Waals surface area contributed by atoms with Gasteiger partial charge < -0.3 is 14.2 Å². The molecule has 1 aromatic heterocycles. The molecule has 0 saturated heterocycles. The van der Waals surface area contributed by atoms with Crippen LogP contribution in [0.3, 0.4) is 0 Å². The summed E-state index contributed by atoms with van der Waals surface area (Å²) in [6, 6.07) is 14.4. The van der Waals surface area contributed by atoms with E-state index in [4.69, 9.17) is 14.2 Å². The maximum Gasteiger partial charge on any atom is 0.338 e. The summed E-state index contributed by atoms with van der Waals surface area (Å²) in [5, 5.41) is 0. The summed E-state index contributed by atoms with van der Waals surface area (Å²) in [7, 11) is 0. The van der Waals surface area contributed by atoms with Crippen molar-refractivity contribution >= 4 is 23.4 Å². The number of hydrogen-bond acceptors (Lipinski definition) is 7. The van der Waals surface area contributed by atoms with E-state index in [1.165, 1.54) is 11.3 Å². The maximum atomic E-state index is 13.8. The Morgan fingerprint density at radius 3 is 2.26 bits per heavy atom. The van der Waals surface area contributed by atoms with Gasteiger partial charge in [0.05, 0.1) is 41.2 Å². The van der Waals surface area contributed by atoms with Gasteiger partial charge in [0.25, 0.3) is 5.56 Å². The average Bonchev–Trinajstić information content (AvgIpc) is 3.17. The number of benzene rings is 2. The summed E-state index contributed by atoms with van der Waals surface area (Å²) in [5.74, 6) is 1.46. The topological polar surface area (TPSA) is 79.1 Å². The van der Waals surface area contributed by atoms with Crippen molar-refractivity contribution in [2.75, 3.05) is 13.2 Å². The van der Waals surface area contributed by atoms with Crippen LogP contribution in [0.25, 0.3) is 6.08 Å². The van der Waals surface area contributed by atoms with Crippen LogP contribution in [0.4, 0.5) is 0 Å². The molecule has 0 bridgehead atoms. The number of esters is 1. The lowest BCUT2D eigenvalue weighted by Gasteiger charge is -2.25. The number of fused-ring (bicyclic) bond motifs is 1. The summed E-state index contributed by atoms with van der Waals surface area (Å²) in [5.41, 5.74) is 2.33. The van der Waals surface area contributed by atoms with Gasteiger partial charge in [-0.1, -0.05) is 49.4 Å². The highest BCUT2D eigenvalue weighted by atomic mass is 32.1. The highest BCUT2D eigenvalue weighted by Gasteiger charge is 2.33. The van der Waals surface area contributed by atoms with Crippen molar-refractivity contribution in [2.45, 2.75) is 53.7 Å². The highest BCUT2D eigenvalue weighted by molar-refractivity contribution is 7.07. The molecule has 1 atom stereocenters. The fourth-order valence-corrected chi connectivity index (χ4v) is 5.21.